The van der Waals surface area contributed by atoms with Gasteiger partial charge in [-0.1, -0.05) is 37.6 Å². The summed E-state index contributed by atoms with van der Waals surface area (Å²) in [4.78, 5) is 0. The van der Waals surface area contributed by atoms with Gasteiger partial charge in [0.1, 0.15) is 0 Å². The molecule has 1 N–H and O–H groups in total. The van der Waals surface area contributed by atoms with Gasteiger partial charge in [-0.2, -0.15) is 0 Å². The number of benzene rings is 1. The minimum atomic E-state index is 0.724. The molecular formula is C16H24ClN. The molecule has 100 valence electrons. The molecule has 0 amide bonds. The number of rotatable bonds is 5. The maximum Gasteiger partial charge on any atom is 0.0406 e. The molecule has 1 aromatic rings. The molecule has 0 radical (unpaired) electrons. The number of halogens is 1. The van der Waals surface area contributed by atoms with Crippen LogP contribution in [-0.2, 0) is 6.42 Å². The van der Waals surface area contributed by atoms with Crippen LogP contribution < -0.4 is 5.32 Å². The van der Waals surface area contributed by atoms with Crippen LogP contribution in [0.5, 0.6) is 0 Å². The molecular weight excluding hydrogens is 242 g/mol. The second kappa shape index (κ2) is 6.58. The average Bonchev–Trinajstić information content (AvgIpc) is 2.71. The Labute approximate surface area is 116 Å². The van der Waals surface area contributed by atoms with E-state index in [4.69, 9.17) is 11.6 Å². The van der Waals surface area contributed by atoms with E-state index in [9.17, 15) is 0 Å². The second-order valence-electron chi connectivity index (χ2n) is 5.59. The molecule has 1 aromatic carbocycles. The van der Waals surface area contributed by atoms with E-state index < -0.39 is 0 Å². The Morgan fingerprint density at radius 2 is 1.94 bits per heavy atom. The van der Waals surface area contributed by atoms with Gasteiger partial charge in [0.15, 0.2) is 0 Å². The molecule has 2 heteroatoms. The van der Waals surface area contributed by atoms with Gasteiger partial charge in [-0.05, 0) is 61.8 Å². The van der Waals surface area contributed by atoms with E-state index in [1.807, 2.05) is 12.1 Å². The summed E-state index contributed by atoms with van der Waals surface area (Å²) in [5, 5.41) is 4.52. The summed E-state index contributed by atoms with van der Waals surface area (Å²) < 4.78 is 0. The van der Waals surface area contributed by atoms with Gasteiger partial charge in [-0.3, -0.25) is 0 Å². The van der Waals surface area contributed by atoms with Crippen LogP contribution in [0.3, 0.4) is 0 Å². The predicted octanol–water partition coefficient (Wildman–Crippen LogP) is 4.30. The maximum absolute atomic E-state index is 5.93. The van der Waals surface area contributed by atoms with Gasteiger partial charge in [-0.15, -0.1) is 0 Å². The summed E-state index contributed by atoms with van der Waals surface area (Å²) in [6.07, 6.45) is 5.11. The second-order valence-corrected chi connectivity index (χ2v) is 6.02. The third kappa shape index (κ3) is 3.49. The monoisotopic (exact) mass is 265 g/mol. The van der Waals surface area contributed by atoms with Crippen molar-refractivity contribution in [1.29, 1.82) is 0 Å². The molecule has 0 spiro atoms. The minimum absolute atomic E-state index is 0.724. The average molecular weight is 266 g/mol. The van der Waals surface area contributed by atoms with E-state index in [1.54, 1.807) is 0 Å². The number of nitrogens with one attached hydrogen (secondary N) is 1. The molecule has 3 unspecified atom stereocenters. The van der Waals surface area contributed by atoms with Gasteiger partial charge in [-0.25, -0.2) is 0 Å². The molecule has 1 fully saturated rings. The lowest BCUT2D eigenvalue weighted by Gasteiger charge is -2.21. The summed E-state index contributed by atoms with van der Waals surface area (Å²) in [7, 11) is 0. The van der Waals surface area contributed by atoms with Gasteiger partial charge in [0.2, 0.25) is 0 Å². The van der Waals surface area contributed by atoms with Crippen molar-refractivity contribution in [2.24, 2.45) is 11.8 Å². The van der Waals surface area contributed by atoms with Gasteiger partial charge >= 0.3 is 0 Å². The lowest BCUT2D eigenvalue weighted by Crippen LogP contribution is -2.33. The molecule has 0 saturated heterocycles. The third-order valence-corrected chi connectivity index (χ3v) is 4.55. The molecule has 3 atom stereocenters. The zero-order valence-corrected chi connectivity index (χ0v) is 12.2. The van der Waals surface area contributed by atoms with Crippen LogP contribution >= 0.6 is 11.6 Å². The van der Waals surface area contributed by atoms with Crippen molar-refractivity contribution in [3.63, 3.8) is 0 Å². The highest BCUT2D eigenvalue weighted by Gasteiger charge is 2.31. The molecule has 18 heavy (non-hydrogen) atoms. The minimum Gasteiger partial charge on any atom is -0.314 e. The van der Waals surface area contributed by atoms with E-state index in [1.165, 1.54) is 31.2 Å². The SMILES string of the molecule is CCCNC1CCC(Cc2ccc(Cl)cc2)C1C. The Morgan fingerprint density at radius 1 is 1.22 bits per heavy atom. The van der Waals surface area contributed by atoms with Crippen LogP contribution in [-0.4, -0.2) is 12.6 Å². The third-order valence-electron chi connectivity index (χ3n) is 4.29. The number of hydrogen-bond donors (Lipinski definition) is 1. The van der Waals surface area contributed by atoms with E-state index in [0.29, 0.717) is 0 Å². The van der Waals surface area contributed by atoms with Crippen LogP contribution in [0.2, 0.25) is 5.02 Å². The maximum atomic E-state index is 5.93. The van der Waals surface area contributed by atoms with Crippen molar-refractivity contribution in [3.8, 4) is 0 Å². The lowest BCUT2D eigenvalue weighted by molar-refractivity contribution is 0.351. The van der Waals surface area contributed by atoms with Gasteiger partial charge in [0, 0.05) is 11.1 Å². The summed E-state index contributed by atoms with van der Waals surface area (Å²) in [6.45, 7) is 5.79. The van der Waals surface area contributed by atoms with Crippen molar-refractivity contribution in [2.75, 3.05) is 6.54 Å². The van der Waals surface area contributed by atoms with Gasteiger partial charge < -0.3 is 5.32 Å². The fourth-order valence-corrected chi connectivity index (χ4v) is 3.20. The van der Waals surface area contributed by atoms with E-state index in [0.717, 1.165) is 29.4 Å². The summed E-state index contributed by atoms with van der Waals surface area (Å²) in [5.74, 6) is 1.60. The highest BCUT2D eigenvalue weighted by Crippen LogP contribution is 2.34. The molecule has 0 heterocycles. The zero-order chi connectivity index (χ0) is 13.0. The van der Waals surface area contributed by atoms with Crippen molar-refractivity contribution >= 4 is 11.6 Å². The molecule has 1 saturated carbocycles. The van der Waals surface area contributed by atoms with Crippen molar-refractivity contribution < 1.29 is 0 Å². The summed E-state index contributed by atoms with van der Waals surface area (Å²) >= 11 is 5.93. The molecule has 2 rings (SSSR count). The quantitative estimate of drug-likeness (QED) is 0.837. The first-order valence-electron chi connectivity index (χ1n) is 7.18. The van der Waals surface area contributed by atoms with Gasteiger partial charge in [0.25, 0.3) is 0 Å². The normalized spacial score (nSPS) is 27.6. The standard InChI is InChI=1S/C16H24ClN/c1-3-10-18-16-9-6-14(12(16)2)11-13-4-7-15(17)8-5-13/h4-5,7-8,12,14,16,18H,3,6,9-11H2,1-2H3. The van der Waals surface area contributed by atoms with Crippen LogP contribution in [0.15, 0.2) is 24.3 Å². The molecule has 1 nitrogen and oxygen atoms in total. The van der Waals surface area contributed by atoms with Crippen molar-refractivity contribution in [3.05, 3.63) is 34.9 Å². The highest BCUT2D eigenvalue weighted by atomic mass is 35.5. The summed E-state index contributed by atoms with van der Waals surface area (Å²) in [5.41, 5.74) is 1.42. The van der Waals surface area contributed by atoms with Crippen molar-refractivity contribution in [1.82, 2.24) is 5.32 Å². The van der Waals surface area contributed by atoms with Crippen LogP contribution in [0, 0.1) is 11.8 Å². The Hall–Kier alpha value is -0.530. The Morgan fingerprint density at radius 3 is 2.61 bits per heavy atom. The molecule has 0 aliphatic heterocycles. The zero-order valence-electron chi connectivity index (χ0n) is 11.5. The van der Waals surface area contributed by atoms with E-state index >= 15 is 0 Å². The fourth-order valence-electron chi connectivity index (χ4n) is 3.08. The Bertz CT molecular complexity index is 360. The fraction of sp³-hybridized carbons (Fsp3) is 0.625. The highest BCUT2D eigenvalue weighted by molar-refractivity contribution is 6.30. The van der Waals surface area contributed by atoms with Crippen LogP contribution in [0.25, 0.3) is 0 Å². The first kappa shape index (κ1) is 13.9. The van der Waals surface area contributed by atoms with E-state index in [2.05, 4.69) is 31.3 Å². The molecule has 1 aliphatic rings. The smallest absolute Gasteiger partial charge is 0.0406 e. The molecule has 0 bridgehead atoms. The largest absolute Gasteiger partial charge is 0.314 e. The van der Waals surface area contributed by atoms with Crippen molar-refractivity contribution in [2.45, 2.75) is 45.6 Å². The Kier molecular flexibility index (Phi) is 5.08. The Balaban J connectivity index is 1.89. The van der Waals surface area contributed by atoms with E-state index in [-0.39, 0.29) is 0 Å². The summed E-state index contributed by atoms with van der Waals surface area (Å²) in [6, 6.07) is 9.07. The first-order chi connectivity index (χ1) is 8.70. The molecule has 1 aliphatic carbocycles. The number of hydrogen-bond acceptors (Lipinski definition) is 1. The first-order valence-corrected chi connectivity index (χ1v) is 7.56. The topological polar surface area (TPSA) is 12.0 Å². The van der Waals surface area contributed by atoms with Crippen LogP contribution in [0.1, 0.15) is 38.7 Å². The van der Waals surface area contributed by atoms with Crippen LogP contribution in [0.4, 0.5) is 0 Å². The lowest BCUT2D eigenvalue weighted by atomic mass is 9.89. The van der Waals surface area contributed by atoms with Gasteiger partial charge in [0.05, 0.1) is 0 Å². The predicted molar refractivity (Wildman–Crippen MR) is 79.1 cm³/mol. The molecule has 0 aromatic heterocycles.